The van der Waals surface area contributed by atoms with Gasteiger partial charge in [0.25, 0.3) is 5.91 Å². The Morgan fingerprint density at radius 3 is 2.82 bits per heavy atom. The second kappa shape index (κ2) is 10.9. The zero-order valence-electron chi connectivity index (χ0n) is 18.2. The van der Waals surface area contributed by atoms with Gasteiger partial charge in [0.05, 0.1) is 12.8 Å². The van der Waals surface area contributed by atoms with Crippen molar-refractivity contribution in [3.8, 4) is 5.75 Å². The minimum absolute atomic E-state index is 0.0131. The Morgan fingerprint density at radius 1 is 1.33 bits per heavy atom. The van der Waals surface area contributed by atoms with E-state index in [1.807, 2.05) is 13.8 Å². The van der Waals surface area contributed by atoms with Crippen LogP contribution in [-0.2, 0) is 10.3 Å². The summed E-state index contributed by atoms with van der Waals surface area (Å²) in [7, 11) is 0. The van der Waals surface area contributed by atoms with Crippen LogP contribution in [0, 0.1) is 11.7 Å². The predicted molar refractivity (Wildman–Crippen MR) is 121 cm³/mol. The number of amides is 1. The number of hydrogen-bond acceptors (Lipinski definition) is 7. The molecule has 2 aliphatic rings. The number of halogens is 3. The average molecular weight is 483 g/mol. The maximum atomic E-state index is 14.9. The van der Waals surface area contributed by atoms with Gasteiger partial charge in [0.15, 0.2) is 5.17 Å². The number of carbonyl (C=O) groups is 1. The fourth-order valence-corrected chi connectivity index (χ4v) is 4.79. The number of carbonyl (C=O) groups excluding carboxylic acids is 1. The van der Waals surface area contributed by atoms with Gasteiger partial charge in [-0.3, -0.25) is 4.79 Å². The van der Waals surface area contributed by atoms with E-state index >= 15 is 0 Å². The van der Waals surface area contributed by atoms with Crippen molar-refractivity contribution in [3.63, 3.8) is 0 Å². The van der Waals surface area contributed by atoms with Gasteiger partial charge in [-0.05, 0) is 36.8 Å². The SMILES string of the molecule is CC.NC1=NC2(c3cc(NC(=O)c4ccc(OC(F)F)cn4)ccc3F)COCCC2CS1. The molecule has 1 aromatic carbocycles. The molecule has 2 unspecified atom stereocenters. The molecule has 1 fully saturated rings. The van der Waals surface area contributed by atoms with E-state index in [1.54, 1.807) is 0 Å². The number of nitrogens with zero attached hydrogens (tertiary/aromatic N) is 2. The van der Waals surface area contributed by atoms with Crippen LogP contribution >= 0.6 is 11.8 Å². The third-order valence-corrected chi connectivity index (χ3v) is 6.19. The number of pyridine rings is 1. The highest BCUT2D eigenvalue weighted by Gasteiger charge is 2.47. The van der Waals surface area contributed by atoms with Gasteiger partial charge in [0, 0.05) is 29.5 Å². The summed E-state index contributed by atoms with van der Waals surface area (Å²) in [5.41, 5.74) is 5.62. The molecule has 4 rings (SSSR count). The highest BCUT2D eigenvalue weighted by molar-refractivity contribution is 8.13. The number of nitrogens with one attached hydrogen (secondary N) is 1. The Morgan fingerprint density at radius 2 is 2.12 bits per heavy atom. The van der Waals surface area contributed by atoms with Crippen molar-refractivity contribution in [2.75, 3.05) is 24.3 Å². The van der Waals surface area contributed by atoms with Crippen molar-refractivity contribution in [3.05, 3.63) is 53.6 Å². The Labute approximate surface area is 194 Å². The number of rotatable bonds is 5. The smallest absolute Gasteiger partial charge is 0.387 e. The van der Waals surface area contributed by atoms with E-state index < -0.39 is 23.9 Å². The number of nitrogens with two attached hydrogens (primary N) is 1. The van der Waals surface area contributed by atoms with Crippen molar-refractivity contribution in [1.29, 1.82) is 0 Å². The summed E-state index contributed by atoms with van der Waals surface area (Å²) in [4.78, 5) is 20.9. The third-order valence-electron chi connectivity index (χ3n) is 5.24. The molecule has 33 heavy (non-hydrogen) atoms. The normalized spacial score (nSPS) is 21.9. The van der Waals surface area contributed by atoms with Gasteiger partial charge in [-0.15, -0.1) is 0 Å². The van der Waals surface area contributed by atoms with Gasteiger partial charge in [0.1, 0.15) is 22.8 Å². The highest BCUT2D eigenvalue weighted by Crippen LogP contribution is 2.45. The van der Waals surface area contributed by atoms with Crippen molar-refractivity contribution in [2.45, 2.75) is 32.4 Å². The Hall–Kier alpha value is -2.79. The Balaban J connectivity index is 0.00000149. The number of fused-ring (bicyclic) bond motifs is 1. The molecule has 7 nitrogen and oxygen atoms in total. The number of thioether (sulfide) groups is 1. The maximum Gasteiger partial charge on any atom is 0.387 e. The number of aliphatic imine (C=N–C) groups is 1. The minimum Gasteiger partial charge on any atom is -0.433 e. The predicted octanol–water partition coefficient (Wildman–Crippen LogP) is 4.39. The summed E-state index contributed by atoms with van der Waals surface area (Å²) >= 11 is 1.43. The first-order valence-corrected chi connectivity index (χ1v) is 11.4. The molecule has 1 amide bonds. The maximum absolute atomic E-state index is 14.9. The van der Waals surface area contributed by atoms with Crippen LogP contribution in [0.1, 0.15) is 36.3 Å². The fourth-order valence-electron chi connectivity index (χ4n) is 3.74. The summed E-state index contributed by atoms with van der Waals surface area (Å²) in [6, 6.07) is 6.67. The second-order valence-corrected chi connectivity index (χ2v) is 8.17. The molecule has 2 atom stereocenters. The van der Waals surface area contributed by atoms with Gasteiger partial charge < -0.3 is 20.5 Å². The molecule has 0 bridgehead atoms. The molecule has 2 aliphatic heterocycles. The molecule has 178 valence electrons. The number of hydrogen-bond donors (Lipinski definition) is 2. The lowest BCUT2D eigenvalue weighted by atomic mass is 9.76. The average Bonchev–Trinajstić information content (AvgIpc) is 2.81. The van der Waals surface area contributed by atoms with Crippen molar-refractivity contribution >= 4 is 28.5 Å². The van der Waals surface area contributed by atoms with Crippen LogP contribution in [-0.4, -0.2) is 41.6 Å². The van der Waals surface area contributed by atoms with Crippen LogP contribution in [0.15, 0.2) is 41.5 Å². The third kappa shape index (κ3) is 5.59. The Bertz CT molecular complexity index is 1010. The number of anilines is 1. The number of ether oxygens (including phenoxy) is 2. The van der Waals surface area contributed by atoms with E-state index in [0.717, 1.165) is 12.6 Å². The molecule has 0 aliphatic carbocycles. The first-order valence-electron chi connectivity index (χ1n) is 10.5. The topological polar surface area (TPSA) is 98.8 Å². The Kier molecular flexibility index (Phi) is 8.20. The van der Waals surface area contributed by atoms with E-state index in [1.165, 1.54) is 42.1 Å². The lowest BCUT2D eigenvalue weighted by Gasteiger charge is -2.43. The van der Waals surface area contributed by atoms with Crippen LogP contribution in [0.4, 0.5) is 18.9 Å². The quantitative estimate of drug-likeness (QED) is 0.656. The molecule has 1 saturated heterocycles. The minimum atomic E-state index is -2.99. The van der Waals surface area contributed by atoms with Gasteiger partial charge in [0.2, 0.25) is 0 Å². The lowest BCUT2D eigenvalue weighted by Crippen LogP contribution is -2.48. The summed E-state index contributed by atoms with van der Waals surface area (Å²) < 4.78 is 49.2. The lowest BCUT2D eigenvalue weighted by molar-refractivity contribution is -0.0500. The van der Waals surface area contributed by atoms with Gasteiger partial charge in [-0.1, -0.05) is 25.6 Å². The van der Waals surface area contributed by atoms with Gasteiger partial charge in [-0.2, -0.15) is 8.78 Å². The fraction of sp³-hybridized carbons (Fsp3) is 0.409. The monoisotopic (exact) mass is 482 g/mol. The van der Waals surface area contributed by atoms with Gasteiger partial charge in [-0.25, -0.2) is 14.4 Å². The summed E-state index contributed by atoms with van der Waals surface area (Å²) in [6.07, 6.45) is 1.74. The van der Waals surface area contributed by atoms with E-state index in [2.05, 4.69) is 20.0 Å². The van der Waals surface area contributed by atoms with E-state index in [0.29, 0.717) is 28.8 Å². The van der Waals surface area contributed by atoms with Crippen molar-refractivity contribution in [1.82, 2.24) is 4.98 Å². The number of alkyl halides is 2. The number of amidine groups is 1. The van der Waals surface area contributed by atoms with Crippen LogP contribution in [0.3, 0.4) is 0 Å². The van der Waals surface area contributed by atoms with Crippen LogP contribution < -0.4 is 15.8 Å². The van der Waals surface area contributed by atoms with Gasteiger partial charge >= 0.3 is 6.61 Å². The zero-order chi connectivity index (χ0) is 24.0. The summed E-state index contributed by atoms with van der Waals surface area (Å²) in [5, 5.41) is 3.01. The zero-order valence-corrected chi connectivity index (χ0v) is 19.0. The summed E-state index contributed by atoms with van der Waals surface area (Å²) in [6.45, 7) is 1.78. The van der Waals surface area contributed by atoms with E-state index in [4.69, 9.17) is 10.5 Å². The van der Waals surface area contributed by atoms with Crippen molar-refractivity contribution in [2.24, 2.45) is 16.6 Å². The van der Waals surface area contributed by atoms with Crippen molar-refractivity contribution < 1.29 is 27.4 Å². The standard InChI is InChI=1S/C20H19F3N4O3S.C2H6/c21-15-3-1-12(26-17(28)16-4-2-13(8-25-16)30-18(22)23)7-14(15)20-10-29-6-5-11(20)9-31-19(24)27-20;1-2/h1-4,7-8,11,18H,5-6,9-10H2,(H2,24,27)(H,26,28);1-2H3. The molecule has 0 spiro atoms. The molecule has 3 heterocycles. The molecule has 2 aromatic rings. The molecule has 0 saturated carbocycles. The first kappa shape index (κ1) is 24.8. The molecular formula is C22H25F3N4O3S. The highest BCUT2D eigenvalue weighted by atomic mass is 32.2. The van der Waals surface area contributed by atoms with Crippen LogP contribution in [0.5, 0.6) is 5.75 Å². The number of benzene rings is 1. The summed E-state index contributed by atoms with van der Waals surface area (Å²) in [5.74, 6) is -0.473. The molecule has 0 radical (unpaired) electrons. The first-order chi connectivity index (χ1) is 15.9. The second-order valence-electron chi connectivity index (χ2n) is 7.13. The molecule has 3 N–H and O–H groups in total. The van der Waals surface area contributed by atoms with E-state index in [-0.39, 0.29) is 24.0 Å². The van der Waals surface area contributed by atoms with E-state index in [9.17, 15) is 18.0 Å². The van der Waals surface area contributed by atoms with Crippen LogP contribution in [0.2, 0.25) is 0 Å². The molecular weight excluding hydrogens is 457 g/mol. The largest absolute Gasteiger partial charge is 0.433 e. The molecule has 11 heteroatoms. The van der Waals surface area contributed by atoms with Crippen LogP contribution in [0.25, 0.3) is 0 Å². The molecule has 1 aromatic heterocycles. The number of aromatic nitrogens is 1.